The summed E-state index contributed by atoms with van der Waals surface area (Å²) in [4.78, 5) is 0. The monoisotopic (exact) mass is 226 g/mol. The fraction of sp³-hybridized carbons (Fsp3) is 0.833. The van der Waals surface area contributed by atoms with Gasteiger partial charge in [0.1, 0.15) is 37.9 Å². The van der Waals surface area contributed by atoms with E-state index in [1.54, 1.807) is 0 Å². The Morgan fingerprint density at radius 3 is 1.56 bits per heavy atom. The molecule has 4 nitrogen and oxygen atoms in total. The van der Waals surface area contributed by atoms with E-state index in [1.807, 2.05) is 6.08 Å². The minimum atomic E-state index is 0.456. The minimum Gasteiger partial charge on any atom is -0.367 e. The highest BCUT2D eigenvalue weighted by atomic mass is 16.6. The lowest BCUT2D eigenvalue weighted by Crippen LogP contribution is -2.54. The van der Waals surface area contributed by atoms with Crippen molar-refractivity contribution in [1.29, 1.82) is 0 Å². The Kier molecular flexibility index (Phi) is 2.75. The highest BCUT2D eigenvalue weighted by molar-refractivity contribution is 4.80. The summed E-state index contributed by atoms with van der Waals surface area (Å²) in [6.45, 7) is 10.9. The van der Waals surface area contributed by atoms with Crippen LogP contribution in [0.1, 0.15) is 0 Å². The molecular formula is C12H20NO3+. The van der Waals surface area contributed by atoms with Gasteiger partial charge in [-0.1, -0.05) is 6.58 Å². The molecule has 4 heteroatoms. The van der Waals surface area contributed by atoms with Gasteiger partial charge in [0.15, 0.2) is 0 Å². The summed E-state index contributed by atoms with van der Waals surface area (Å²) < 4.78 is 17.2. The van der Waals surface area contributed by atoms with Crippen LogP contribution in [0.2, 0.25) is 0 Å². The van der Waals surface area contributed by atoms with E-state index in [4.69, 9.17) is 14.2 Å². The molecule has 16 heavy (non-hydrogen) atoms. The van der Waals surface area contributed by atoms with Crippen LogP contribution >= 0.6 is 0 Å². The molecule has 0 saturated carbocycles. The van der Waals surface area contributed by atoms with Crippen molar-refractivity contribution in [3.8, 4) is 0 Å². The van der Waals surface area contributed by atoms with Crippen molar-refractivity contribution in [3.05, 3.63) is 12.7 Å². The lowest BCUT2D eigenvalue weighted by molar-refractivity contribution is -0.924. The largest absolute Gasteiger partial charge is 0.367 e. The molecule has 3 atom stereocenters. The average molecular weight is 226 g/mol. The van der Waals surface area contributed by atoms with Crippen LogP contribution in [0.4, 0.5) is 0 Å². The van der Waals surface area contributed by atoms with E-state index < -0.39 is 0 Å². The third-order valence-corrected chi connectivity index (χ3v) is 3.50. The van der Waals surface area contributed by atoms with E-state index in [1.165, 1.54) is 0 Å². The molecule has 3 heterocycles. The van der Waals surface area contributed by atoms with Crippen molar-refractivity contribution in [2.24, 2.45) is 0 Å². The summed E-state index contributed by atoms with van der Waals surface area (Å²) in [5.41, 5.74) is 0. The van der Waals surface area contributed by atoms with Gasteiger partial charge in [0.25, 0.3) is 0 Å². The zero-order chi connectivity index (χ0) is 11.0. The number of hydrogen-bond acceptors (Lipinski definition) is 3. The lowest BCUT2D eigenvalue weighted by atomic mass is 10.2. The maximum Gasteiger partial charge on any atom is 0.130 e. The summed E-state index contributed by atoms with van der Waals surface area (Å²) >= 11 is 0. The summed E-state index contributed by atoms with van der Waals surface area (Å²) in [6.07, 6.45) is 3.39. The van der Waals surface area contributed by atoms with Gasteiger partial charge < -0.3 is 18.7 Å². The minimum absolute atomic E-state index is 0.456. The van der Waals surface area contributed by atoms with Crippen molar-refractivity contribution in [2.75, 3.05) is 46.0 Å². The number of quaternary nitrogens is 1. The fourth-order valence-electron chi connectivity index (χ4n) is 2.54. The van der Waals surface area contributed by atoms with Crippen LogP contribution in [0, 0.1) is 0 Å². The molecule has 3 saturated heterocycles. The van der Waals surface area contributed by atoms with Crippen LogP contribution in [-0.2, 0) is 14.2 Å². The van der Waals surface area contributed by atoms with E-state index in [2.05, 4.69) is 6.58 Å². The highest BCUT2D eigenvalue weighted by Gasteiger charge is 2.44. The maximum atomic E-state index is 5.38. The van der Waals surface area contributed by atoms with Gasteiger partial charge in [-0.15, -0.1) is 0 Å². The van der Waals surface area contributed by atoms with E-state index >= 15 is 0 Å². The van der Waals surface area contributed by atoms with Gasteiger partial charge in [-0.3, -0.25) is 0 Å². The predicted octanol–water partition coefficient (Wildman–Crippen LogP) is 0.186. The molecule has 0 amide bonds. The van der Waals surface area contributed by atoms with Gasteiger partial charge in [0, 0.05) is 0 Å². The van der Waals surface area contributed by atoms with Crippen molar-refractivity contribution >= 4 is 0 Å². The van der Waals surface area contributed by atoms with Gasteiger partial charge in [-0.2, -0.15) is 0 Å². The van der Waals surface area contributed by atoms with Crippen LogP contribution in [0.3, 0.4) is 0 Å². The summed E-state index contributed by atoms with van der Waals surface area (Å²) in [5, 5.41) is 0. The second-order valence-electron chi connectivity index (χ2n) is 5.23. The smallest absolute Gasteiger partial charge is 0.130 e. The van der Waals surface area contributed by atoms with E-state index in [-0.39, 0.29) is 0 Å². The molecule has 3 fully saturated rings. The van der Waals surface area contributed by atoms with Gasteiger partial charge >= 0.3 is 0 Å². The van der Waals surface area contributed by atoms with Crippen molar-refractivity contribution < 1.29 is 18.7 Å². The number of nitrogens with zero attached hydrogens (tertiary/aromatic N) is 1. The Morgan fingerprint density at radius 2 is 1.31 bits per heavy atom. The van der Waals surface area contributed by atoms with Crippen LogP contribution in [0.5, 0.6) is 0 Å². The Morgan fingerprint density at radius 1 is 0.938 bits per heavy atom. The number of hydrogen-bond donors (Lipinski definition) is 0. The van der Waals surface area contributed by atoms with Gasteiger partial charge in [0.2, 0.25) is 0 Å². The molecule has 3 aliphatic heterocycles. The number of rotatable bonds is 8. The van der Waals surface area contributed by atoms with Crippen molar-refractivity contribution in [1.82, 2.24) is 0 Å². The molecule has 0 radical (unpaired) electrons. The van der Waals surface area contributed by atoms with Crippen molar-refractivity contribution in [2.45, 2.75) is 18.3 Å². The Hall–Kier alpha value is -0.420. The summed E-state index contributed by atoms with van der Waals surface area (Å²) in [5.74, 6) is 0. The second kappa shape index (κ2) is 4.11. The summed E-state index contributed by atoms with van der Waals surface area (Å²) in [7, 11) is 0. The number of epoxide rings is 3. The Balaban J connectivity index is 1.65. The van der Waals surface area contributed by atoms with Gasteiger partial charge in [-0.25, -0.2) is 0 Å². The third kappa shape index (κ3) is 2.83. The highest BCUT2D eigenvalue weighted by Crippen LogP contribution is 2.26. The molecule has 0 aromatic carbocycles. The Bertz CT molecular complexity index is 233. The maximum absolute atomic E-state index is 5.38. The molecule has 0 N–H and O–H groups in total. The van der Waals surface area contributed by atoms with E-state index in [9.17, 15) is 0 Å². The molecular weight excluding hydrogens is 206 g/mol. The number of ether oxygens (including phenoxy) is 3. The van der Waals surface area contributed by atoms with Crippen LogP contribution in [-0.4, -0.2) is 68.8 Å². The standard InChI is InChI=1S/C12H20NO3/c1-2-3-13(4-10-7-14-10,5-11-8-15-11)6-12-9-16-12/h2,10-12H,1,3-9H2/q+1. The van der Waals surface area contributed by atoms with Gasteiger partial charge in [-0.05, 0) is 6.08 Å². The quantitative estimate of drug-likeness (QED) is 0.337. The molecule has 0 spiro atoms. The van der Waals surface area contributed by atoms with Gasteiger partial charge in [0.05, 0.1) is 26.4 Å². The SMILES string of the molecule is C=CC[N+](CC1CO1)(CC1CO1)CC1CO1. The molecule has 0 aliphatic carbocycles. The second-order valence-corrected chi connectivity index (χ2v) is 5.23. The third-order valence-electron chi connectivity index (χ3n) is 3.50. The molecule has 0 bridgehead atoms. The predicted molar refractivity (Wildman–Crippen MR) is 59.1 cm³/mol. The first-order chi connectivity index (χ1) is 7.80. The van der Waals surface area contributed by atoms with E-state index in [0.717, 1.165) is 50.5 Å². The molecule has 0 aromatic heterocycles. The average Bonchev–Trinajstić information content (AvgIpc) is 3.07. The molecule has 90 valence electrons. The topological polar surface area (TPSA) is 37.6 Å². The van der Waals surface area contributed by atoms with Crippen LogP contribution < -0.4 is 0 Å². The molecule has 3 aliphatic rings. The summed E-state index contributed by atoms with van der Waals surface area (Å²) in [6, 6.07) is 0. The molecule has 0 aromatic rings. The first-order valence-corrected chi connectivity index (χ1v) is 6.10. The first-order valence-electron chi connectivity index (χ1n) is 6.10. The lowest BCUT2D eigenvalue weighted by Gasteiger charge is -2.36. The molecule has 3 unspecified atom stereocenters. The zero-order valence-electron chi connectivity index (χ0n) is 9.64. The van der Waals surface area contributed by atoms with Crippen molar-refractivity contribution in [3.63, 3.8) is 0 Å². The molecule has 3 rings (SSSR count). The van der Waals surface area contributed by atoms with Crippen LogP contribution in [0.25, 0.3) is 0 Å². The zero-order valence-corrected chi connectivity index (χ0v) is 9.64. The normalized spacial score (nSPS) is 38.9. The Labute approximate surface area is 96.4 Å². The fourth-order valence-corrected chi connectivity index (χ4v) is 2.54. The first kappa shape index (κ1) is 10.7. The van der Waals surface area contributed by atoms with Crippen LogP contribution in [0.15, 0.2) is 12.7 Å². The van der Waals surface area contributed by atoms with E-state index in [0.29, 0.717) is 18.3 Å².